The van der Waals surface area contributed by atoms with E-state index in [1.807, 2.05) is 19.9 Å². The Bertz CT molecular complexity index is 182. The highest BCUT2D eigenvalue weighted by Gasteiger charge is 2.18. The van der Waals surface area contributed by atoms with Gasteiger partial charge in [0.25, 0.3) is 0 Å². The van der Waals surface area contributed by atoms with E-state index in [1.54, 1.807) is 0 Å². The molecule has 2 nitrogen and oxygen atoms in total. The van der Waals surface area contributed by atoms with Gasteiger partial charge in [-0.3, -0.25) is 0 Å². The third-order valence-electron chi connectivity index (χ3n) is 2.11. The molecule has 0 aromatic rings. The largest absolute Gasteiger partial charge is 0.324 e. The van der Waals surface area contributed by atoms with Gasteiger partial charge in [0.15, 0.2) is 0 Å². The molecule has 0 bridgehead atoms. The van der Waals surface area contributed by atoms with E-state index in [9.17, 15) is 0 Å². The molecule has 56 valence electrons. The van der Waals surface area contributed by atoms with Crippen LogP contribution in [0.25, 0.3) is 0 Å². The molecule has 2 atom stereocenters. The number of rotatable bonds is 0. The van der Waals surface area contributed by atoms with Crippen LogP contribution in [0.4, 0.5) is 0 Å². The summed E-state index contributed by atoms with van der Waals surface area (Å²) in [5, 5.41) is 7.48. The zero-order chi connectivity index (χ0) is 7.72. The van der Waals surface area contributed by atoms with E-state index in [1.165, 1.54) is 0 Å². The third kappa shape index (κ3) is 1.27. The summed E-state index contributed by atoms with van der Waals surface area (Å²) < 4.78 is 0. The standard InChI is InChI=1S/C8H14N2/c1-5-3-8(10)6(2)4-7(5)9/h3,6-7,10H,4,9H2,1-2H3. The summed E-state index contributed by atoms with van der Waals surface area (Å²) in [6.45, 7) is 4.04. The minimum Gasteiger partial charge on any atom is -0.324 e. The van der Waals surface area contributed by atoms with Gasteiger partial charge in [0, 0.05) is 11.8 Å². The summed E-state index contributed by atoms with van der Waals surface area (Å²) >= 11 is 0. The molecule has 0 saturated carbocycles. The lowest BCUT2D eigenvalue weighted by Gasteiger charge is -2.23. The van der Waals surface area contributed by atoms with Crippen LogP contribution in [-0.4, -0.2) is 11.8 Å². The van der Waals surface area contributed by atoms with Crippen LogP contribution in [0.15, 0.2) is 11.6 Å². The summed E-state index contributed by atoms with van der Waals surface area (Å²) in [6, 6.07) is 0.184. The molecule has 1 aliphatic rings. The van der Waals surface area contributed by atoms with Crippen LogP contribution in [0.5, 0.6) is 0 Å². The van der Waals surface area contributed by atoms with E-state index in [-0.39, 0.29) is 6.04 Å². The van der Waals surface area contributed by atoms with E-state index < -0.39 is 0 Å². The molecule has 0 aromatic carbocycles. The normalized spacial score (nSPS) is 33.9. The van der Waals surface area contributed by atoms with E-state index in [0.717, 1.165) is 17.7 Å². The molecule has 0 radical (unpaired) electrons. The molecule has 0 saturated heterocycles. The first-order chi connectivity index (χ1) is 4.61. The predicted molar refractivity (Wildman–Crippen MR) is 43.2 cm³/mol. The molecule has 3 N–H and O–H groups in total. The molecular formula is C8H14N2. The van der Waals surface area contributed by atoms with Crippen molar-refractivity contribution in [1.82, 2.24) is 0 Å². The van der Waals surface area contributed by atoms with Gasteiger partial charge in [-0.15, -0.1) is 0 Å². The number of allylic oxidation sites excluding steroid dienone is 1. The number of hydrogen-bond acceptors (Lipinski definition) is 2. The summed E-state index contributed by atoms with van der Waals surface area (Å²) in [6.07, 6.45) is 2.82. The Morgan fingerprint density at radius 2 is 2.30 bits per heavy atom. The fourth-order valence-corrected chi connectivity index (χ4v) is 1.19. The molecular weight excluding hydrogens is 124 g/mol. The minimum atomic E-state index is 0.184. The second kappa shape index (κ2) is 2.54. The van der Waals surface area contributed by atoms with Crippen molar-refractivity contribution in [1.29, 1.82) is 5.41 Å². The Labute approximate surface area is 61.6 Å². The topological polar surface area (TPSA) is 49.9 Å². The second-order valence-corrected chi connectivity index (χ2v) is 3.09. The van der Waals surface area contributed by atoms with Crippen molar-refractivity contribution >= 4 is 5.71 Å². The van der Waals surface area contributed by atoms with Gasteiger partial charge in [0.05, 0.1) is 0 Å². The molecule has 2 unspecified atom stereocenters. The van der Waals surface area contributed by atoms with Crippen LogP contribution in [-0.2, 0) is 0 Å². The lowest BCUT2D eigenvalue weighted by Crippen LogP contribution is -2.31. The molecule has 0 aliphatic heterocycles. The molecule has 0 spiro atoms. The van der Waals surface area contributed by atoms with Gasteiger partial charge in [-0.1, -0.05) is 12.5 Å². The molecule has 1 aliphatic carbocycles. The Hall–Kier alpha value is -0.630. The average molecular weight is 138 g/mol. The molecule has 1 rings (SSSR count). The maximum Gasteiger partial charge on any atom is 0.0342 e. The van der Waals surface area contributed by atoms with Crippen molar-refractivity contribution in [2.45, 2.75) is 26.3 Å². The average Bonchev–Trinajstić information content (AvgIpc) is 1.84. The molecule has 2 heteroatoms. The van der Waals surface area contributed by atoms with Crippen molar-refractivity contribution < 1.29 is 0 Å². The van der Waals surface area contributed by atoms with Gasteiger partial charge in [-0.2, -0.15) is 0 Å². The fraction of sp³-hybridized carbons (Fsp3) is 0.625. The number of hydrogen-bond donors (Lipinski definition) is 2. The summed E-state index contributed by atoms with van der Waals surface area (Å²) in [4.78, 5) is 0. The van der Waals surface area contributed by atoms with Crippen LogP contribution in [0.1, 0.15) is 20.3 Å². The summed E-state index contributed by atoms with van der Waals surface area (Å²) in [5.41, 5.74) is 7.63. The van der Waals surface area contributed by atoms with E-state index in [2.05, 4.69) is 0 Å². The summed E-state index contributed by atoms with van der Waals surface area (Å²) in [5.74, 6) is 0.346. The van der Waals surface area contributed by atoms with Gasteiger partial charge < -0.3 is 11.1 Å². The van der Waals surface area contributed by atoms with E-state index >= 15 is 0 Å². The van der Waals surface area contributed by atoms with Crippen LogP contribution in [0, 0.1) is 11.3 Å². The van der Waals surface area contributed by atoms with Gasteiger partial charge in [0.1, 0.15) is 0 Å². The first-order valence-electron chi connectivity index (χ1n) is 3.63. The first-order valence-corrected chi connectivity index (χ1v) is 3.63. The Kier molecular flexibility index (Phi) is 1.90. The molecule has 0 heterocycles. The van der Waals surface area contributed by atoms with Gasteiger partial charge in [0.2, 0.25) is 0 Å². The van der Waals surface area contributed by atoms with E-state index in [4.69, 9.17) is 11.1 Å². The SMILES string of the molecule is CC1=CC(=N)C(C)CC1N. The highest BCUT2D eigenvalue weighted by atomic mass is 14.6. The van der Waals surface area contributed by atoms with Gasteiger partial charge in [-0.05, 0) is 25.3 Å². The lowest BCUT2D eigenvalue weighted by atomic mass is 9.87. The molecule has 0 fully saturated rings. The number of nitrogens with two attached hydrogens (primary N) is 1. The zero-order valence-corrected chi connectivity index (χ0v) is 6.52. The van der Waals surface area contributed by atoms with Crippen molar-refractivity contribution in [3.05, 3.63) is 11.6 Å². The van der Waals surface area contributed by atoms with Gasteiger partial charge in [-0.25, -0.2) is 0 Å². The molecule has 0 aromatic heterocycles. The Morgan fingerprint density at radius 3 is 2.80 bits per heavy atom. The second-order valence-electron chi connectivity index (χ2n) is 3.09. The van der Waals surface area contributed by atoms with Crippen molar-refractivity contribution in [2.24, 2.45) is 11.7 Å². The smallest absolute Gasteiger partial charge is 0.0342 e. The Morgan fingerprint density at radius 1 is 1.70 bits per heavy atom. The van der Waals surface area contributed by atoms with E-state index in [0.29, 0.717) is 5.92 Å². The summed E-state index contributed by atoms with van der Waals surface area (Å²) in [7, 11) is 0. The Balaban J connectivity index is 2.79. The van der Waals surface area contributed by atoms with Crippen LogP contribution >= 0.6 is 0 Å². The maximum absolute atomic E-state index is 7.48. The lowest BCUT2D eigenvalue weighted by molar-refractivity contribution is 0.587. The third-order valence-corrected chi connectivity index (χ3v) is 2.11. The highest BCUT2D eigenvalue weighted by Crippen LogP contribution is 2.18. The number of nitrogens with one attached hydrogen (secondary N) is 1. The highest BCUT2D eigenvalue weighted by molar-refractivity contribution is 5.95. The van der Waals surface area contributed by atoms with Crippen molar-refractivity contribution in [3.8, 4) is 0 Å². The zero-order valence-electron chi connectivity index (χ0n) is 6.52. The van der Waals surface area contributed by atoms with Crippen LogP contribution in [0.3, 0.4) is 0 Å². The van der Waals surface area contributed by atoms with Crippen LogP contribution < -0.4 is 5.73 Å². The monoisotopic (exact) mass is 138 g/mol. The van der Waals surface area contributed by atoms with Crippen molar-refractivity contribution in [3.63, 3.8) is 0 Å². The predicted octanol–water partition coefficient (Wildman–Crippen LogP) is 1.32. The fourth-order valence-electron chi connectivity index (χ4n) is 1.19. The first kappa shape index (κ1) is 7.48. The van der Waals surface area contributed by atoms with Crippen LogP contribution in [0.2, 0.25) is 0 Å². The van der Waals surface area contributed by atoms with Crippen molar-refractivity contribution in [2.75, 3.05) is 0 Å². The maximum atomic E-state index is 7.48. The minimum absolute atomic E-state index is 0.184. The quantitative estimate of drug-likeness (QED) is 0.521. The molecule has 10 heavy (non-hydrogen) atoms. The van der Waals surface area contributed by atoms with Gasteiger partial charge >= 0.3 is 0 Å². The molecule has 0 amide bonds.